The van der Waals surface area contributed by atoms with Gasteiger partial charge in [0.2, 0.25) is 0 Å². The standard InChI is InChI=1S/C23H22N6O2/c1-15-3-5-18(13-26-15)21-20(17-7-9-24-10-8-17)14-27-29(21)12-11-25-22(30)19-6-4-16(2)28-23(19)31/h3-10,13-14H,11-12H2,1-2H3,(H,25,30)(H,28,31). The Hall–Kier alpha value is -4.07. The van der Waals surface area contributed by atoms with E-state index in [2.05, 4.69) is 25.4 Å². The van der Waals surface area contributed by atoms with E-state index in [1.165, 1.54) is 6.07 Å². The van der Waals surface area contributed by atoms with Gasteiger partial charge in [0.1, 0.15) is 5.56 Å². The molecule has 1 amide bonds. The highest BCUT2D eigenvalue weighted by Gasteiger charge is 2.16. The quantitative estimate of drug-likeness (QED) is 0.505. The highest BCUT2D eigenvalue weighted by atomic mass is 16.2. The van der Waals surface area contributed by atoms with Crippen molar-refractivity contribution < 1.29 is 4.79 Å². The normalized spacial score (nSPS) is 10.8. The number of amides is 1. The van der Waals surface area contributed by atoms with E-state index >= 15 is 0 Å². The third-order valence-electron chi connectivity index (χ3n) is 4.92. The Labute approximate surface area is 179 Å². The average Bonchev–Trinajstić information content (AvgIpc) is 3.18. The highest BCUT2D eigenvalue weighted by Crippen LogP contribution is 2.31. The lowest BCUT2D eigenvalue weighted by Crippen LogP contribution is -2.32. The number of H-pyrrole nitrogens is 1. The number of aromatic amines is 1. The van der Waals surface area contributed by atoms with Gasteiger partial charge in [-0.2, -0.15) is 5.10 Å². The lowest BCUT2D eigenvalue weighted by Gasteiger charge is -2.11. The van der Waals surface area contributed by atoms with Crippen molar-refractivity contribution in [2.45, 2.75) is 20.4 Å². The van der Waals surface area contributed by atoms with Crippen LogP contribution in [0.4, 0.5) is 0 Å². The van der Waals surface area contributed by atoms with Gasteiger partial charge in [-0.25, -0.2) is 0 Å². The Morgan fingerprint density at radius 1 is 1.03 bits per heavy atom. The summed E-state index contributed by atoms with van der Waals surface area (Å²) in [6.07, 6.45) is 7.10. The van der Waals surface area contributed by atoms with Crippen molar-refractivity contribution in [2.24, 2.45) is 0 Å². The molecule has 0 saturated heterocycles. The molecule has 0 aliphatic carbocycles. The van der Waals surface area contributed by atoms with Crippen molar-refractivity contribution >= 4 is 5.91 Å². The Kier molecular flexibility index (Phi) is 5.70. The van der Waals surface area contributed by atoms with Gasteiger partial charge in [-0.1, -0.05) is 0 Å². The fraction of sp³-hybridized carbons (Fsp3) is 0.174. The monoisotopic (exact) mass is 414 g/mol. The fourth-order valence-electron chi connectivity index (χ4n) is 3.33. The van der Waals surface area contributed by atoms with E-state index in [4.69, 9.17) is 0 Å². The lowest BCUT2D eigenvalue weighted by molar-refractivity contribution is 0.0950. The molecule has 8 nitrogen and oxygen atoms in total. The van der Waals surface area contributed by atoms with Gasteiger partial charge in [-0.05, 0) is 55.8 Å². The highest BCUT2D eigenvalue weighted by molar-refractivity contribution is 5.93. The molecule has 0 atom stereocenters. The van der Waals surface area contributed by atoms with Crippen molar-refractivity contribution in [3.05, 3.63) is 88.5 Å². The second-order valence-corrected chi connectivity index (χ2v) is 7.19. The van der Waals surface area contributed by atoms with Crippen LogP contribution < -0.4 is 10.9 Å². The van der Waals surface area contributed by atoms with Crippen LogP contribution in [0.25, 0.3) is 22.4 Å². The molecule has 156 valence electrons. The van der Waals surface area contributed by atoms with Gasteiger partial charge >= 0.3 is 0 Å². The van der Waals surface area contributed by atoms with Crippen LogP contribution >= 0.6 is 0 Å². The summed E-state index contributed by atoms with van der Waals surface area (Å²) in [5.74, 6) is -0.415. The number of carbonyl (C=O) groups is 1. The predicted octanol–water partition coefficient (Wildman–Crippen LogP) is 2.74. The molecule has 0 aliphatic rings. The molecular weight excluding hydrogens is 392 g/mol. The summed E-state index contributed by atoms with van der Waals surface area (Å²) >= 11 is 0. The maximum Gasteiger partial charge on any atom is 0.260 e. The minimum Gasteiger partial charge on any atom is -0.350 e. The van der Waals surface area contributed by atoms with Crippen molar-refractivity contribution in [1.82, 2.24) is 30.0 Å². The summed E-state index contributed by atoms with van der Waals surface area (Å²) in [6.45, 7) is 4.45. The Morgan fingerprint density at radius 3 is 2.55 bits per heavy atom. The first-order chi connectivity index (χ1) is 15.0. The van der Waals surface area contributed by atoms with E-state index in [1.807, 2.05) is 42.1 Å². The fourth-order valence-corrected chi connectivity index (χ4v) is 3.33. The molecule has 0 saturated carbocycles. The van der Waals surface area contributed by atoms with E-state index in [1.54, 1.807) is 31.6 Å². The molecule has 2 N–H and O–H groups in total. The van der Waals surface area contributed by atoms with Crippen LogP contribution in [-0.4, -0.2) is 37.2 Å². The molecule has 4 aromatic heterocycles. The largest absolute Gasteiger partial charge is 0.350 e. The molecule has 0 bridgehead atoms. The minimum absolute atomic E-state index is 0.0893. The van der Waals surface area contributed by atoms with Crippen molar-refractivity contribution in [1.29, 1.82) is 0 Å². The molecule has 0 spiro atoms. The summed E-state index contributed by atoms with van der Waals surface area (Å²) < 4.78 is 1.84. The topological polar surface area (TPSA) is 106 Å². The van der Waals surface area contributed by atoms with E-state index < -0.39 is 11.5 Å². The minimum atomic E-state index is -0.415. The maximum atomic E-state index is 12.4. The zero-order valence-electron chi connectivity index (χ0n) is 17.3. The molecule has 0 aliphatic heterocycles. The van der Waals surface area contributed by atoms with Gasteiger partial charge < -0.3 is 10.3 Å². The first-order valence-corrected chi connectivity index (χ1v) is 9.90. The van der Waals surface area contributed by atoms with Crippen LogP contribution in [0.1, 0.15) is 21.7 Å². The molecule has 0 fully saturated rings. The summed E-state index contributed by atoms with van der Waals surface area (Å²) in [6, 6.07) is 11.0. The zero-order valence-corrected chi connectivity index (χ0v) is 17.3. The number of pyridine rings is 3. The van der Waals surface area contributed by atoms with Gasteiger partial charge in [-0.3, -0.25) is 24.2 Å². The van der Waals surface area contributed by atoms with Crippen molar-refractivity contribution in [3.63, 3.8) is 0 Å². The number of hydrogen-bond acceptors (Lipinski definition) is 5. The number of nitrogens with one attached hydrogen (secondary N) is 2. The first kappa shape index (κ1) is 20.2. The van der Waals surface area contributed by atoms with Crippen LogP contribution in [0.3, 0.4) is 0 Å². The number of carbonyl (C=O) groups excluding carboxylic acids is 1. The van der Waals surface area contributed by atoms with Crippen molar-refractivity contribution in [3.8, 4) is 22.4 Å². The Balaban J connectivity index is 1.58. The van der Waals surface area contributed by atoms with Gasteiger partial charge in [0.25, 0.3) is 11.5 Å². The molecule has 0 radical (unpaired) electrons. The van der Waals surface area contributed by atoms with Crippen molar-refractivity contribution in [2.75, 3.05) is 6.54 Å². The predicted molar refractivity (Wildman–Crippen MR) is 118 cm³/mol. The van der Waals surface area contributed by atoms with E-state index in [0.717, 1.165) is 28.1 Å². The average molecular weight is 414 g/mol. The summed E-state index contributed by atoms with van der Waals surface area (Å²) in [4.78, 5) is 35.5. The SMILES string of the molecule is Cc1ccc(-c2c(-c3ccncc3)cnn2CCNC(=O)c2ccc(C)[nH]c2=O)cn1. The van der Waals surface area contributed by atoms with Crippen LogP contribution in [0.2, 0.25) is 0 Å². The maximum absolute atomic E-state index is 12.4. The van der Waals surface area contributed by atoms with Gasteiger partial charge in [-0.15, -0.1) is 0 Å². The number of rotatable bonds is 6. The molecule has 8 heteroatoms. The molecule has 31 heavy (non-hydrogen) atoms. The summed E-state index contributed by atoms with van der Waals surface area (Å²) in [7, 11) is 0. The third-order valence-corrected chi connectivity index (χ3v) is 4.92. The smallest absolute Gasteiger partial charge is 0.260 e. The van der Waals surface area contributed by atoms with Crippen LogP contribution in [0.15, 0.2) is 66.0 Å². The van der Waals surface area contributed by atoms with Gasteiger partial charge in [0.05, 0.1) is 18.4 Å². The number of aryl methyl sites for hydroxylation is 2. The molecule has 0 unspecified atom stereocenters. The molecule has 4 rings (SSSR count). The lowest BCUT2D eigenvalue weighted by atomic mass is 10.0. The number of aromatic nitrogens is 5. The van der Waals surface area contributed by atoms with E-state index in [-0.39, 0.29) is 5.56 Å². The Bertz CT molecular complexity index is 1260. The van der Waals surface area contributed by atoms with Crippen LogP contribution in [0.5, 0.6) is 0 Å². The second kappa shape index (κ2) is 8.74. The van der Waals surface area contributed by atoms with Crippen LogP contribution in [-0.2, 0) is 6.54 Å². The Morgan fingerprint density at radius 2 is 1.84 bits per heavy atom. The summed E-state index contributed by atoms with van der Waals surface area (Å²) in [5, 5.41) is 7.34. The van der Waals surface area contributed by atoms with Crippen LogP contribution in [0, 0.1) is 13.8 Å². The van der Waals surface area contributed by atoms with Gasteiger partial charge in [0.15, 0.2) is 0 Å². The number of hydrogen-bond donors (Lipinski definition) is 2. The molecule has 0 aromatic carbocycles. The molecular formula is C23H22N6O2. The molecule has 4 heterocycles. The van der Waals surface area contributed by atoms with Gasteiger partial charge in [0, 0.05) is 47.7 Å². The first-order valence-electron chi connectivity index (χ1n) is 9.90. The second-order valence-electron chi connectivity index (χ2n) is 7.19. The zero-order chi connectivity index (χ0) is 21.8. The summed E-state index contributed by atoms with van der Waals surface area (Å²) in [5.41, 5.74) is 5.10. The van der Waals surface area contributed by atoms with E-state index in [0.29, 0.717) is 18.8 Å². The molecule has 4 aromatic rings. The third kappa shape index (κ3) is 4.42. The van der Waals surface area contributed by atoms with E-state index in [9.17, 15) is 9.59 Å². The number of nitrogens with zero attached hydrogens (tertiary/aromatic N) is 4.